The topological polar surface area (TPSA) is 30.0 Å². The second kappa shape index (κ2) is 5.36. The Hall–Kier alpha value is -0.950. The number of pyridine rings is 1. The average molecular weight is 308 g/mol. The maximum atomic E-state index is 12.6. The van der Waals surface area contributed by atoms with E-state index in [1.54, 1.807) is 0 Å². The highest BCUT2D eigenvalue weighted by molar-refractivity contribution is 6.67. The minimum Gasteiger partial charge on any atom is -0.274 e. The molecule has 2 nitrogen and oxygen atoms in total. The van der Waals surface area contributed by atoms with E-state index in [-0.39, 0.29) is 6.07 Å². The maximum Gasteiger partial charge on any atom is 0.417 e. The van der Waals surface area contributed by atoms with Crippen LogP contribution in [0.4, 0.5) is 22.0 Å². The first kappa shape index (κ1) is 15.1. The van der Waals surface area contributed by atoms with Crippen molar-refractivity contribution in [3.63, 3.8) is 0 Å². The molecule has 0 saturated heterocycles. The van der Waals surface area contributed by atoms with Crippen LogP contribution < -0.4 is 0 Å². The van der Waals surface area contributed by atoms with E-state index in [1.165, 1.54) is 0 Å². The second-order valence-corrected chi connectivity index (χ2v) is 3.73. The Balaban J connectivity index is 3.62. The van der Waals surface area contributed by atoms with Gasteiger partial charge in [0.1, 0.15) is 5.69 Å². The smallest absolute Gasteiger partial charge is 0.274 e. The minimum absolute atomic E-state index is 0.187. The van der Waals surface area contributed by atoms with Crippen LogP contribution in [0.25, 0.3) is 0 Å². The lowest BCUT2D eigenvalue weighted by Crippen LogP contribution is -2.15. The average Bonchev–Trinajstić information content (AvgIpc) is 2.25. The summed E-state index contributed by atoms with van der Waals surface area (Å²) in [4.78, 5) is 14.1. The van der Waals surface area contributed by atoms with Crippen molar-refractivity contribution in [2.45, 2.75) is 18.5 Å². The molecule has 0 radical (unpaired) electrons. The first-order valence-electron chi connectivity index (χ1n) is 4.33. The molecule has 0 bridgehead atoms. The number of halogens is 7. The van der Waals surface area contributed by atoms with Gasteiger partial charge in [-0.1, -0.05) is 0 Å². The summed E-state index contributed by atoms with van der Waals surface area (Å²) in [6.45, 7) is 0. The molecule has 0 aromatic carbocycles. The van der Waals surface area contributed by atoms with Gasteiger partial charge in [0.2, 0.25) is 0 Å². The summed E-state index contributed by atoms with van der Waals surface area (Å²) in [6, 6.07) is 0.187. The molecule has 0 atom stereocenters. The van der Waals surface area contributed by atoms with E-state index < -0.39 is 46.2 Å². The molecule has 0 N–H and O–H groups in total. The number of hydrogen-bond acceptors (Lipinski definition) is 2. The van der Waals surface area contributed by atoms with E-state index in [0.717, 1.165) is 0 Å². The molecular formula is C9H4Cl2F5NO. The lowest BCUT2D eigenvalue weighted by atomic mass is 10.1. The van der Waals surface area contributed by atoms with Crippen LogP contribution in [0.3, 0.4) is 0 Å². The Labute approximate surface area is 108 Å². The van der Waals surface area contributed by atoms with E-state index in [2.05, 4.69) is 4.98 Å². The minimum atomic E-state index is -5.06. The van der Waals surface area contributed by atoms with Gasteiger partial charge in [-0.3, -0.25) is 4.79 Å². The lowest BCUT2D eigenvalue weighted by Gasteiger charge is -2.15. The van der Waals surface area contributed by atoms with Crippen molar-refractivity contribution >= 4 is 28.4 Å². The number of rotatable bonds is 3. The van der Waals surface area contributed by atoms with Gasteiger partial charge in [0.15, 0.2) is 0 Å². The van der Waals surface area contributed by atoms with Crippen LogP contribution in [-0.2, 0) is 12.1 Å². The lowest BCUT2D eigenvalue weighted by molar-refractivity contribution is -0.139. The van der Waals surface area contributed by atoms with E-state index in [0.29, 0.717) is 0 Å². The van der Waals surface area contributed by atoms with Crippen LogP contribution in [0, 0.1) is 0 Å². The molecule has 0 amide bonds. The Morgan fingerprint density at radius 1 is 1.39 bits per heavy atom. The van der Waals surface area contributed by atoms with Gasteiger partial charge >= 0.3 is 6.18 Å². The van der Waals surface area contributed by atoms with Gasteiger partial charge < -0.3 is 0 Å². The highest BCUT2D eigenvalue weighted by Crippen LogP contribution is 2.38. The third kappa shape index (κ3) is 3.08. The predicted molar refractivity (Wildman–Crippen MR) is 53.9 cm³/mol. The Bertz CT molecular complexity index is 475. The number of aromatic nitrogens is 1. The molecule has 100 valence electrons. The number of hydrogen-bond donors (Lipinski definition) is 0. The van der Waals surface area contributed by atoms with Gasteiger partial charge in [-0.25, -0.2) is 13.8 Å². The summed E-state index contributed by atoms with van der Waals surface area (Å²) >= 11 is 10.2. The molecule has 1 aromatic heterocycles. The first-order chi connectivity index (χ1) is 8.18. The molecule has 18 heavy (non-hydrogen) atoms. The highest BCUT2D eigenvalue weighted by Gasteiger charge is 2.38. The Morgan fingerprint density at radius 2 is 1.94 bits per heavy atom. The molecule has 0 aliphatic rings. The summed E-state index contributed by atoms with van der Waals surface area (Å²) in [5, 5.41) is -1.28. The summed E-state index contributed by atoms with van der Waals surface area (Å²) < 4.78 is 63.1. The number of alkyl halides is 6. The van der Waals surface area contributed by atoms with Crippen molar-refractivity contribution in [1.29, 1.82) is 0 Å². The monoisotopic (exact) mass is 307 g/mol. The normalized spacial score (nSPS) is 12.0. The fraction of sp³-hybridized carbons (Fsp3) is 0.333. The maximum absolute atomic E-state index is 12.6. The Kier molecular flexibility index (Phi) is 4.50. The molecular weight excluding hydrogens is 304 g/mol. The van der Waals surface area contributed by atoms with Crippen LogP contribution in [0.2, 0.25) is 0 Å². The SMILES string of the molecule is O=C(Cl)c1cc(C(F)(F)F)c(C(F)F)c(CCl)n1. The molecule has 0 aliphatic heterocycles. The van der Waals surface area contributed by atoms with Gasteiger partial charge in [0.05, 0.1) is 22.7 Å². The second-order valence-electron chi connectivity index (χ2n) is 3.12. The van der Waals surface area contributed by atoms with Crippen molar-refractivity contribution in [2.75, 3.05) is 0 Å². The van der Waals surface area contributed by atoms with Crippen molar-refractivity contribution in [1.82, 2.24) is 4.98 Å². The molecule has 0 fully saturated rings. The number of carbonyl (C=O) groups is 1. The molecule has 1 aromatic rings. The van der Waals surface area contributed by atoms with Gasteiger partial charge in [-0.05, 0) is 17.7 Å². The summed E-state index contributed by atoms with van der Waals surface area (Å²) in [6.07, 6.45) is -8.47. The van der Waals surface area contributed by atoms with Gasteiger partial charge in [-0.2, -0.15) is 13.2 Å². The van der Waals surface area contributed by atoms with Crippen LogP contribution in [0.1, 0.15) is 33.7 Å². The van der Waals surface area contributed by atoms with E-state index in [4.69, 9.17) is 23.2 Å². The molecule has 0 unspecified atom stereocenters. The fourth-order valence-corrected chi connectivity index (χ4v) is 1.59. The molecule has 0 aliphatic carbocycles. The molecule has 1 rings (SSSR count). The van der Waals surface area contributed by atoms with E-state index in [9.17, 15) is 26.7 Å². The van der Waals surface area contributed by atoms with Crippen LogP contribution in [0.5, 0.6) is 0 Å². The zero-order valence-electron chi connectivity index (χ0n) is 8.36. The summed E-state index contributed by atoms with van der Waals surface area (Å²) in [5.41, 5.74) is -4.49. The van der Waals surface area contributed by atoms with Crippen molar-refractivity contribution in [3.8, 4) is 0 Å². The zero-order chi connectivity index (χ0) is 14.1. The number of carbonyl (C=O) groups excluding carboxylic acids is 1. The highest BCUT2D eigenvalue weighted by atomic mass is 35.5. The molecule has 0 spiro atoms. The standard InChI is InChI=1S/C9H4Cl2F5NO/c10-2-5-6(8(12)13)3(9(14,15)16)1-4(17-5)7(11)18/h1,8H,2H2. The van der Waals surface area contributed by atoms with Crippen molar-refractivity contribution in [3.05, 3.63) is 28.6 Å². The van der Waals surface area contributed by atoms with E-state index in [1.807, 2.05) is 0 Å². The molecule has 0 saturated carbocycles. The van der Waals surface area contributed by atoms with E-state index >= 15 is 0 Å². The van der Waals surface area contributed by atoms with Crippen molar-refractivity contribution in [2.24, 2.45) is 0 Å². The summed E-state index contributed by atoms with van der Waals surface area (Å²) in [7, 11) is 0. The quantitative estimate of drug-likeness (QED) is 0.477. The molecule has 1 heterocycles. The van der Waals surface area contributed by atoms with Crippen molar-refractivity contribution < 1.29 is 26.7 Å². The number of nitrogens with zero attached hydrogens (tertiary/aromatic N) is 1. The van der Waals surface area contributed by atoms with Gasteiger partial charge in [-0.15, -0.1) is 11.6 Å². The predicted octanol–water partition coefficient (Wildman–Crippen LogP) is 4.16. The third-order valence-electron chi connectivity index (χ3n) is 1.99. The first-order valence-corrected chi connectivity index (χ1v) is 5.24. The third-order valence-corrected chi connectivity index (χ3v) is 2.44. The zero-order valence-corrected chi connectivity index (χ0v) is 9.87. The fourth-order valence-electron chi connectivity index (χ4n) is 1.29. The van der Waals surface area contributed by atoms with Gasteiger partial charge in [0, 0.05) is 0 Å². The largest absolute Gasteiger partial charge is 0.417 e. The van der Waals surface area contributed by atoms with Crippen LogP contribution in [0.15, 0.2) is 6.07 Å². The molecule has 9 heteroatoms. The summed E-state index contributed by atoms with van der Waals surface area (Å²) in [5.74, 6) is -0.694. The Morgan fingerprint density at radius 3 is 2.28 bits per heavy atom. The van der Waals surface area contributed by atoms with Crippen LogP contribution >= 0.6 is 23.2 Å². The van der Waals surface area contributed by atoms with Gasteiger partial charge in [0.25, 0.3) is 11.7 Å². The van der Waals surface area contributed by atoms with Crippen LogP contribution in [-0.4, -0.2) is 10.2 Å².